The number of piperidine rings is 1. The number of ketones is 1. The van der Waals surface area contributed by atoms with Gasteiger partial charge in [0.2, 0.25) is 0 Å². The van der Waals surface area contributed by atoms with Crippen LogP contribution in [0.1, 0.15) is 44.2 Å². The second kappa shape index (κ2) is 6.45. The van der Waals surface area contributed by atoms with Crippen molar-refractivity contribution in [2.24, 2.45) is 0 Å². The zero-order valence-electron chi connectivity index (χ0n) is 13.8. The number of Topliss-reactive ketones (excluding diaryl/α,β-unsaturated/α-hetero) is 1. The van der Waals surface area contributed by atoms with E-state index in [9.17, 15) is 22.8 Å². The molecule has 1 aliphatic rings. The van der Waals surface area contributed by atoms with Gasteiger partial charge in [0.25, 0.3) is 0 Å². The van der Waals surface area contributed by atoms with Crippen molar-refractivity contribution in [2.75, 3.05) is 13.1 Å². The van der Waals surface area contributed by atoms with Crippen LogP contribution >= 0.6 is 0 Å². The van der Waals surface area contributed by atoms with Gasteiger partial charge < -0.3 is 9.64 Å². The zero-order valence-corrected chi connectivity index (χ0v) is 13.8. The summed E-state index contributed by atoms with van der Waals surface area (Å²) < 4.78 is 43.6. The molecule has 132 valence electrons. The van der Waals surface area contributed by atoms with Crippen LogP contribution in [0.25, 0.3) is 0 Å². The predicted molar refractivity (Wildman–Crippen MR) is 81.6 cm³/mol. The lowest BCUT2D eigenvalue weighted by molar-refractivity contribution is -0.137. The van der Waals surface area contributed by atoms with E-state index in [1.807, 2.05) is 0 Å². The highest BCUT2D eigenvalue weighted by Crippen LogP contribution is 2.33. The number of amides is 1. The van der Waals surface area contributed by atoms with E-state index in [1.165, 1.54) is 17.0 Å². The molecule has 24 heavy (non-hydrogen) atoms. The Kier molecular flexibility index (Phi) is 4.92. The van der Waals surface area contributed by atoms with Gasteiger partial charge in [0, 0.05) is 12.5 Å². The molecule has 0 spiro atoms. The number of carbonyl (C=O) groups excluding carboxylic acids is 2. The maximum absolute atomic E-state index is 12.8. The van der Waals surface area contributed by atoms with E-state index in [4.69, 9.17) is 4.74 Å². The second-order valence-electron chi connectivity index (χ2n) is 6.83. The van der Waals surface area contributed by atoms with Crippen molar-refractivity contribution in [3.05, 3.63) is 35.4 Å². The lowest BCUT2D eigenvalue weighted by atomic mass is 9.87. The predicted octanol–water partition coefficient (Wildman–Crippen LogP) is 4.00. The molecule has 1 atom stereocenters. The van der Waals surface area contributed by atoms with Crippen molar-refractivity contribution >= 4 is 11.9 Å². The Bertz CT molecular complexity index is 635. The molecule has 0 unspecified atom stereocenters. The van der Waals surface area contributed by atoms with Crippen LogP contribution in [-0.4, -0.2) is 35.5 Å². The molecule has 1 heterocycles. The van der Waals surface area contributed by atoms with Crippen LogP contribution in [0, 0.1) is 0 Å². The van der Waals surface area contributed by atoms with Gasteiger partial charge in [-0.25, -0.2) is 4.79 Å². The number of nitrogens with zero attached hydrogens (tertiary/aromatic N) is 1. The van der Waals surface area contributed by atoms with E-state index in [2.05, 4.69) is 0 Å². The minimum absolute atomic E-state index is 0.157. The SMILES string of the molecule is CC(C)(C)OC(=O)N1CC[C@@H](c2cccc(C(F)(F)F)c2)C(=O)C1. The van der Waals surface area contributed by atoms with Crippen molar-refractivity contribution in [2.45, 2.75) is 44.9 Å². The monoisotopic (exact) mass is 343 g/mol. The molecule has 0 saturated carbocycles. The summed E-state index contributed by atoms with van der Waals surface area (Å²) in [5.41, 5.74) is -1.11. The van der Waals surface area contributed by atoms with E-state index in [0.29, 0.717) is 5.56 Å². The first kappa shape index (κ1) is 18.3. The standard InChI is InChI=1S/C17H20F3NO3/c1-16(2,3)24-15(23)21-8-7-13(14(22)10-21)11-5-4-6-12(9-11)17(18,19)20/h4-6,9,13H,7-8,10H2,1-3H3/t13-/m0/s1. The molecule has 1 amide bonds. The smallest absolute Gasteiger partial charge is 0.416 e. The van der Waals surface area contributed by atoms with Gasteiger partial charge in [-0.15, -0.1) is 0 Å². The highest BCUT2D eigenvalue weighted by Gasteiger charge is 2.35. The molecule has 0 aliphatic carbocycles. The van der Waals surface area contributed by atoms with Crippen LogP contribution in [0.3, 0.4) is 0 Å². The molecule has 0 aromatic heterocycles. The van der Waals surface area contributed by atoms with Gasteiger partial charge >= 0.3 is 12.3 Å². The summed E-state index contributed by atoms with van der Waals surface area (Å²) in [6, 6.07) is 4.79. The first-order valence-electron chi connectivity index (χ1n) is 7.65. The number of hydrogen-bond donors (Lipinski definition) is 0. The summed E-state index contributed by atoms with van der Waals surface area (Å²) in [5.74, 6) is -0.919. The van der Waals surface area contributed by atoms with E-state index in [1.54, 1.807) is 20.8 Å². The quantitative estimate of drug-likeness (QED) is 0.774. The highest BCUT2D eigenvalue weighted by atomic mass is 19.4. The van der Waals surface area contributed by atoms with Gasteiger partial charge in [-0.1, -0.05) is 18.2 Å². The number of carbonyl (C=O) groups is 2. The van der Waals surface area contributed by atoms with Crippen LogP contribution < -0.4 is 0 Å². The van der Waals surface area contributed by atoms with E-state index < -0.39 is 29.4 Å². The summed E-state index contributed by atoms with van der Waals surface area (Å²) in [7, 11) is 0. The third-order valence-corrected chi connectivity index (χ3v) is 3.69. The van der Waals surface area contributed by atoms with E-state index >= 15 is 0 Å². The number of hydrogen-bond acceptors (Lipinski definition) is 3. The minimum Gasteiger partial charge on any atom is -0.444 e. The summed E-state index contributed by atoms with van der Waals surface area (Å²) in [6.07, 6.45) is -4.76. The molecule has 0 bridgehead atoms. The Balaban J connectivity index is 2.09. The lowest BCUT2D eigenvalue weighted by Crippen LogP contribution is -2.45. The second-order valence-corrected chi connectivity index (χ2v) is 6.83. The molecular weight excluding hydrogens is 323 g/mol. The maximum Gasteiger partial charge on any atom is 0.416 e. The van der Waals surface area contributed by atoms with Gasteiger partial charge in [0.15, 0.2) is 5.78 Å². The van der Waals surface area contributed by atoms with Gasteiger partial charge in [-0.2, -0.15) is 13.2 Å². The van der Waals surface area contributed by atoms with Crippen LogP contribution in [0.2, 0.25) is 0 Å². The number of alkyl halides is 3. The van der Waals surface area contributed by atoms with Crippen molar-refractivity contribution in [1.82, 2.24) is 4.90 Å². The molecule has 1 fully saturated rings. The first-order valence-corrected chi connectivity index (χ1v) is 7.65. The molecule has 1 aromatic rings. The lowest BCUT2D eigenvalue weighted by Gasteiger charge is -2.32. The summed E-state index contributed by atoms with van der Waals surface area (Å²) >= 11 is 0. The van der Waals surface area contributed by atoms with E-state index in [0.717, 1.165) is 12.1 Å². The summed E-state index contributed by atoms with van der Waals surface area (Å²) in [6.45, 7) is 5.28. The number of likely N-dealkylation sites (tertiary alicyclic amines) is 1. The molecule has 7 heteroatoms. The molecule has 0 N–H and O–H groups in total. The summed E-state index contributed by atoms with van der Waals surface area (Å²) in [5, 5.41) is 0. The van der Waals surface area contributed by atoms with Gasteiger partial charge in [0.05, 0.1) is 12.1 Å². The van der Waals surface area contributed by atoms with Crippen molar-refractivity contribution in [1.29, 1.82) is 0 Å². The fourth-order valence-corrected chi connectivity index (χ4v) is 2.59. The van der Waals surface area contributed by atoms with Crippen LogP contribution in [0.15, 0.2) is 24.3 Å². The largest absolute Gasteiger partial charge is 0.444 e. The maximum atomic E-state index is 12.8. The van der Waals surface area contributed by atoms with Crippen LogP contribution in [-0.2, 0) is 15.7 Å². The highest BCUT2D eigenvalue weighted by molar-refractivity contribution is 5.91. The van der Waals surface area contributed by atoms with Crippen molar-refractivity contribution in [3.8, 4) is 0 Å². The average molecular weight is 343 g/mol. The Morgan fingerprint density at radius 2 is 1.92 bits per heavy atom. The van der Waals surface area contributed by atoms with Crippen LogP contribution in [0.4, 0.5) is 18.0 Å². The fourth-order valence-electron chi connectivity index (χ4n) is 2.59. The topological polar surface area (TPSA) is 46.6 Å². The van der Waals surface area contributed by atoms with Crippen molar-refractivity contribution in [3.63, 3.8) is 0 Å². The first-order chi connectivity index (χ1) is 11.0. The number of rotatable bonds is 1. The molecule has 0 radical (unpaired) electrons. The Morgan fingerprint density at radius 3 is 2.46 bits per heavy atom. The number of halogens is 3. The third-order valence-electron chi connectivity index (χ3n) is 3.69. The Labute approximate surface area is 138 Å². The molecule has 1 aromatic carbocycles. The minimum atomic E-state index is -4.45. The fraction of sp³-hybridized carbons (Fsp3) is 0.529. The molecule has 1 aliphatic heterocycles. The van der Waals surface area contributed by atoms with Crippen LogP contribution in [0.5, 0.6) is 0 Å². The van der Waals surface area contributed by atoms with Gasteiger partial charge in [-0.3, -0.25) is 4.79 Å². The average Bonchev–Trinajstić information content (AvgIpc) is 2.44. The Hall–Kier alpha value is -2.05. The zero-order chi connectivity index (χ0) is 18.1. The number of benzene rings is 1. The third kappa shape index (κ3) is 4.49. The number of ether oxygens (including phenoxy) is 1. The normalized spacial score (nSPS) is 19.3. The van der Waals surface area contributed by atoms with Gasteiger partial charge in [-0.05, 0) is 38.8 Å². The summed E-state index contributed by atoms with van der Waals surface area (Å²) in [4.78, 5) is 25.6. The van der Waals surface area contributed by atoms with Crippen molar-refractivity contribution < 1.29 is 27.5 Å². The molecule has 2 rings (SSSR count). The Morgan fingerprint density at radius 1 is 1.25 bits per heavy atom. The van der Waals surface area contributed by atoms with Gasteiger partial charge in [0.1, 0.15) is 5.60 Å². The van der Waals surface area contributed by atoms with E-state index in [-0.39, 0.29) is 25.3 Å². The molecule has 1 saturated heterocycles. The molecule has 4 nitrogen and oxygen atoms in total. The molecular formula is C17H20F3NO3.